The topological polar surface area (TPSA) is 60.7 Å². The molecule has 4 nitrogen and oxygen atoms in total. The molecule has 0 saturated carbocycles. The molecule has 2 bridgehead atoms. The van der Waals surface area contributed by atoms with Crippen LogP contribution in [0.1, 0.15) is 31.2 Å². The number of nitrogens with zero attached hydrogens (tertiary/aromatic N) is 2. The predicted molar refractivity (Wildman–Crippen MR) is 65.5 cm³/mol. The van der Waals surface area contributed by atoms with Crippen LogP contribution in [0, 0.1) is 11.3 Å². The number of nitriles is 1. The summed E-state index contributed by atoms with van der Waals surface area (Å²) in [7, 11) is 0. The Bertz CT molecular complexity index is 439. The minimum absolute atomic E-state index is 0.477. The summed E-state index contributed by atoms with van der Waals surface area (Å²) in [6.45, 7) is 0. The first-order chi connectivity index (χ1) is 8.35. The molecule has 4 heteroatoms. The predicted octanol–water partition coefficient (Wildman–Crippen LogP) is 1.65. The maximum Gasteiger partial charge on any atom is 0.101 e. The summed E-state index contributed by atoms with van der Waals surface area (Å²) in [5, 5.41) is 16.1. The van der Waals surface area contributed by atoms with E-state index < -0.39 is 0 Å². The van der Waals surface area contributed by atoms with E-state index in [2.05, 4.69) is 21.7 Å². The molecule has 88 valence electrons. The van der Waals surface area contributed by atoms with E-state index in [1.54, 1.807) is 18.5 Å². The van der Waals surface area contributed by atoms with E-state index in [-0.39, 0.29) is 0 Å². The number of rotatable bonds is 2. The van der Waals surface area contributed by atoms with Crippen molar-refractivity contribution in [3.63, 3.8) is 0 Å². The molecular formula is C13H16N4. The number of piperidine rings is 1. The van der Waals surface area contributed by atoms with Crippen molar-refractivity contribution in [2.75, 3.05) is 5.32 Å². The molecule has 0 radical (unpaired) electrons. The number of fused-ring (bicyclic) bond motifs is 2. The molecule has 0 aromatic carbocycles. The first-order valence-electron chi connectivity index (χ1n) is 6.22. The highest BCUT2D eigenvalue weighted by molar-refractivity contribution is 5.56. The van der Waals surface area contributed by atoms with E-state index in [1.807, 2.05) is 0 Å². The minimum Gasteiger partial charge on any atom is -0.380 e. The van der Waals surface area contributed by atoms with Crippen molar-refractivity contribution < 1.29 is 0 Å². The quantitative estimate of drug-likeness (QED) is 0.808. The van der Waals surface area contributed by atoms with Crippen LogP contribution in [0.5, 0.6) is 0 Å². The number of nitrogens with one attached hydrogen (secondary N) is 2. The first kappa shape index (κ1) is 10.5. The van der Waals surface area contributed by atoms with Crippen molar-refractivity contribution in [2.45, 2.75) is 43.8 Å². The van der Waals surface area contributed by atoms with Crippen molar-refractivity contribution in [1.82, 2.24) is 10.3 Å². The molecule has 17 heavy (non-hydrogen) atoms. The second-order valence-electron chi connectivity index (χ2n) is 4.98. The zero-order chi connectivity index (χ0) is 11.7. The highest BCUT2D eigenvalue weighted by Gasteiger charge is 2.33. The van der Waals surface area contributed by atoms with Crippen LogP contribution in [-0.4, -0.2) is 23.1 Å². The van der Waals surface area contributed by atoms with Crippen LogP contribution in [0.4, 0.5) is 5.69 Å². The Morgan fingerprint density at radius 2 is 2.12 bits per heavy atom. The average molecular weight is 228 g/mol. The van der Waals surface area contributed by atoms with Gasteiger partial charge in [0.1, 0.15) is 6.07 Å². The number of pyridine rings is 1. The van der Waals surface area contributed by atoms with Gasteiger partial charge in [0.15, 0.2) is 0 Å². The Labute approximate surface area is 101 Å². The molecule has 2 saturated heterocycles. The van der Waals surface area contributed by atoms with Crippen molar-refractivity contribution in [2.24, 2.45) is 0 Å². The van der Waals surface area contributed by atoms with Gasteiger partial charge in [-0.3, -0.25) is 4.98 Å². The third-order valence-corrected chi connectivity index (χ3v) is 3.77. The Morgan fingerprint density at radius 3 is 2.82 bits per heavy atom. The molecule has 2 atom stereocenters. The summed E-state index contributed by atoms with van der Waals surface area (Å²) in [4.78, 5) is 4.08. The summed E-state index contributed by atoms with van der Waals surface area (Å²) in [5.74, 6) is 0. The smallest absolute Gasteiger partial charge is 0.101 e. The summed E-state index contributed by atoms with van der Waals surface area (Å²) in [6.07, 6.45) is 8.30. The lowest BCUT2D eigenvalue weighted by Gasteiger charge is -2.30. The monoisotopic (exact) mass is 228 g/mol. The largest absolute Gasteiger partial charge is 0.380 e. The minimum atomic E-state index is 0.477. The van der Waals surface area contributed by atoms with E-state index in [0.29, 0.717) is 23.7 Å². The molecule has 0 aliphatic carbocycles. The van der Waals surface area contributed by atoms with E-state index >= 15 is 0 Å². The highest BCUT2D eigenvalue weighted by Crippen LogP contribution is 2.29. The lowest BCUT2D eigenvalue weighted by atomic mass is 9.99. The molecule has 2 unspecified atom stereocenters. The van der Waals surface area contributed by atoms with Gasteiger partial charge < -0.3 is 10.6 Å². The lowest BCUT2D eigenvalue weighted by molar-refractivity contribution is 0.378. The van der Waals surface area contributed by atoms with E-state index in [9.17, 15) is 0 Å². The Balaban J connectivity index is 1.73. The van der Waals surface area contributed by atoms with Crippen LogP contribution < -0.4 is 10.6 Å². The number of hydrogen-bond donors (Lipinski definition) is 2. The zero-order valence-electron chi connectivity index (χ0n) is 9.69. The molecule has 0 amide bonds. The van der Waals surface area contributed by atoms with E-state index in [4.69, 9.17) is 5.26 Å². The van der Waals surface area contributed by atoms with Crippen molar-refractivity contribution in [3.8, 4) is 6.07 Å². The van der Waals surface area contributed by atoms with Gasteiger partial charge in [0.2, 0.25) is 0 Å². The van der Waals surface area contributed by atoms with Crippen LogP contribution in [0.2, 0.25) is 0 Å². The lowest BCUT2D eigenvalue weighted by Crippen LogP contribution is -2.43. The molecule has 3 rings (SSSR count). The molecule has 0 spiro atoms. The SMILES string of the molecule is N#Cc1ccncc1NC1CC2CCC(C1)N2. The van der Waals surface area contributed by atoms with Crippen LogP contribution in [0.3, 0.4) is 0 Å². The molecule has 2 fully saturated rings. The third-order valence-electron chi connectivity index (χ3n) is 3.77. The fraction of sp³-hybridized carbons (Fsp3) is 0.538. The van der Waals surface area contributed by atoms with Crippen molar-refractivity contribution >= 4 is 5.69 Å². The average Bonchev–Trinajstić information content (AvgIpc) is 2.69. The molecule has 3 heterocycles. The molecule has 2 aliphatic rings. The molecule has 1 aromatic heterocycles. The van der Waals surface area contributed by atoms with Gasteiger partial charge in [-0.1, -0.05) is 0 Å². The fourth-order valence-electron chi connectivity index (χ4n) is 3.00. The Hall–Kier alpha value is -1.60. The summed E-state index contributed by atoms with van der Waals surface area (Å²) in [6, 6.07) is 5.77. The van der Waals surface area contributed by atoms with Gasteiger partial charge in [-0.2, -0.15) is 5.26 Å². The van der Waals surface area contributed by atoms with Crippen molar-refractivity contribution in [3.05, 3.63) is 24.0 Å². The molecular weight excluding hydrogens is 212 g/mol. The Morgan fingerprint density at radius 1 is 1.35 bits per heavy atom. The van der Waals surface area contributed by atoms with Gasteiger partial charge in [0.25, 0.3) is 0 Å². The zero-order valence-corrected chi connectivity index (χ0v) is 9.69. The van der Waals surface area contributed by atoms with Gasteiger partial charge in [-0.05, 0) is 31.7 Å². The maximum atomic E-state index is 9.03. The second-order valence-corrected chi connectivity index (χ2v) is 4.98. The van der Waals surface area contributed by atoms with Gasteiger partial charge in [-0.25, -0.2) is 0 Å². The highest BCUT2D eigenvalue weighted by atomic mass is 15.1. The number of aromatic nitrogens is 1. The fourth-order valence-corrected chi connectivity index (χ4v) is 3.00. The van der Waals surface area contributed by atoms with Crippen LogP contribution in [-0.2, 0) is 0 Å². The van der Waals surface area contributed by atoms with Crippen LogP contribution in [0.25, 0.3) is 0 Å². The van der Waals surface area contributed by atoms with Crippen molar-refractivity contribution in [1.29, 1.82) is 5.26 Å². The third kappa shape index (κ3) is 2.11. The molecule has 1 aromatic rings. The normalized spacial score (nSPS) is 30.9. The van der Waals surface area contributed by atoms with E-state index in [0.717, 1.165) is 18.5 Å². The Kier molecular flexibility index (Phi) is 2.69. The van der Waals surface area contributed by atoms with Crippen LogP contribution in [0.15, 0.2) is 18.5 Å². The summed E-state index contributed by atoms with van der Waals surface area (Å²) in [5.41, 5.74) is 1.56. The number of anilines is 1. The van der Waals surface area contributed by atoms with Gasteiger partial charge in [0, 0.05) is 24.3 Å². The standard InChI is InChI=1S/C13H16N4/c14-7-9-3-4-15-8-13(9)17-12-5-10-1-2-11(6-12)16-10/h3-4,8,10-12,16-17H,1-2,5-6H2. The van der Waals surface area contributed by atoms with E-state index in [1.165, 1.54) is 12.8 Å². The van der Waals surface area contributed by atoms with Gasteiger partial charge >= 0.3 is 0 Å². The molecule has 2 N–H and O–H groups in total. The van der Waals surface area contributed by atoms with Crippen LogP contribution >= 0.6 is 0 Å². The van der Waals surface area contributed by atoms with Gasteiger partial charge in [0.05, 0.1) is 17.4 Å². The summed E-state index contributed by atoms with van der Waals surface area (Å²) >= 11 is 0. The maximum absolute atomic E-state index is 9.03. The second kappa shape index (κ2) is 4.34. The first-order valence-corrected chi connectivity index (χ1v) is 6.22. The number of hydrogen-bond acceptors (Lipinski definition) is 4. The molecule has 2 aliphatic heterocycles. The van der Waals surface area contributed by atoms with Gasteiger partial charge in [-0.15, -0.1) is 0 Å². The summed E-state index contributed by atoms with van der Waals surface area (Å²) < 4.78 is 0.